The molecule has 2 heterocycles. The van der Waals surface area contributed by atoms with Crippen LogP contribution in [0.1, 0.15) is 20.9 Å². The Morgan fingerprint density at radius 2 is 1.54 bits per heavy atom. The number of rotatable bonds is 5. The fourth-order valence-corrected chi connectivity index (χ4v) is 3.86. The summed E-state index contributed by atoms with van der Waals surface area (Å²) in [6, 6.07) is 20.6. The predicted octanol–water partition coefficient (Wildman–Crippen LogP) is 4.29. The zero-order valence-electron chi connectivity index (χ0n) is 14.5. The monoisotopic (exact) mass is 388 g/mol. The first-order valence-corrected chi connectivity index (χ1v) is 9.35. The molecule has 0 bridgehead atoms. The molecule has 0 radical (unpaired) electrons. The Labute approximate surface area is 164 Å². The van der Waals surface area contributed by atoms with E-state index >= 15 is 0 Å². The van der Waals surface area contributed by atoms with Gasteiger partial charge in [0.15, 0.2) is 5.76 Å². The third-order valence-corrected chi connectivity index (χ3v) is 5.17. The van der Waals surface area contributed by atoms with Crippen molar-refractivity contribution >= 4 is 28.2 Å². The highest BCUT2D eigenvalue weighted by Gasteiger charge is 2.18. The van der Waals surface area contributed by atoms with Gasteiger partial charge in [0, 0.05) is 16.5 Å². The van der Waals surface area contributed by atoms with E-state index in [1.807, 2.05) is 54.6 Å². The minimum Gasteiger partial charge on any atom is -0.545 e. The molecule has 5 nitrogen and oxygen atoms in total. The molecule has 1 amide bonds. The van der Waals surface area contributed by atoms with Crippen molar-refractivity contribution < 1.29 is 19.1 Å². The predicted molar refractivity (Wildman–Crippen MR) is 106 cm³/mol. The van der Waals surface area contributed by atoms with E-state index in [1.165, 1.54) is 12.3 Å². The lowest BCUT2D eigenvalue weighted by atomic mass is 9.99. The van der Waals surface area contributed by atoms with Crippen LogP contribution in [0.2, 0.25) is 0 Å². The maximum Gasteiger partial charge on any atom is 0.291 e. The molecule has 6 heteroatoms. The third-order valence-electron chi connectivity index (χ3n) is 4.27. The number of carbonyl (C=O) groups is 2. The van der Waals surface area contributed by atoms with E-state index in [9.17, 15) is 14.7 Å². The molecular formula is C22H14NO4S-. The second kappa shape index (κ2) is 7.54. The van der Waals surface area contributed by atoms with E-state index in [-0.39, 0.29) is 16.3 Å². The standard InChI is InChI=1S/C22H15NO4S/c24-20(18-7-4-12-27-18)23-21-19(22(25)26)17(13-28-21)16-10-8-15(9-11-16)14-5-2-1-3-6-14/h1-13H,(H,23,24)(H,25,26)/p-1. The van der Waals surface area contributed by atoms with Gasteiger partial charge in [-0.15, -0.1) is 11.3 Å². The van der Waals surface area contributed by atoms with Gasteiger partial charge >= 0.3 is 0 Å². The van der Waals surface area contributed by atoms with E-state index in [2.05, 4.69) is 5.32 Å². The molecule has 28 heavy (non-hydrogen) atoms. The molecule has 4 aromatic rings. The maximum absolute atomic E-state index is 12.2. The maximum atomic E-state index is 12.2. The molecule has 0 aliphatic carbocycles. The summed E-state index contributed by atoms with van der Waals surface area (Å²) in [6.07, 6.45) is 1.38. The summed E-state index contributed by atoms with van der Waals surface area (Å²) < 4.78 is 5.04. The first-order chi connectivity index (χ1) is 13.6. The lowest BCUT2D eigenvalue weighted by molar-refractivity contribution is -0.254. The van der Waals surface area contributed by atoms with Crippen LogP contribution in [0.15, 0.2) is 82.8 Å². The van der Waals surface area contributed by atoms with Crippen LogP contribution in [0.4, 0.5) is 5.00 Å². The van der Waals surface area contributed by atoms with E-state index in [4.69, 9.17) is 4.42 Å². The first-order valence-electron chi connectivity index (χ1n) is 8.47. The molecule has 0 aliphatic heterocycles. The van der Waals surface area contributed by atoms with Crippen LogP contribution in [0.3, 0.4) is 0 Å². The minimum absolute atomic E-state index is 0.0441. The van der Waals surface area contributed by atoms with Crippen LogP contribution < -0.4 is 10.4 Å². The number of furan rings is 1. The van der Waals surface area contributed by atoms with Gasteiger partial charge < -0.3 is 19.6 Å². The molecule has 0 fully saturated rings. The number of hydrogen-bond acceptors (Lipinski definition) is 5. The number of hydrogen-bond donors (Lipinski definition) is 1. The topological polar surface area (TPSA) is 82.4 Å². The van der Waals surface area contributed by atoms with Crippen molar-refractivity contribution in [3.63, 3.8) is 0 Å². The number of aromatic carboxylic acids is 1. The Morgan fingerprint density at radius 1 is 0.857 bits per heavy atom. The molecule has 0 spiro atoms. The Morgan fingerprint density at radius 3 is 2.18 bits per heavy atom. The lowest BCUT2D eigenvalue weighted by Crippen LogP contribution is -2.24. The summed E-state index contributed by atoms with van der Waals surface area (Å²) in [5.74, 6) is -1.76. The number of benzene rings is 2. The Bertz CT molecular complexity index is 1110. The summed E-state index contributed by atoms with van der Waals surface area (Å²) in [7, 11) is 0. The van der Waals surface area contributed by atoms with Gasteiger partial charge in [0.1, 0.15) is 5.00 Å². The molecule has 0 saturated carbocycles. The van der Waals surface area contributed by atoms with Crippen LogP contribution in [-0.4, -0.2) is 11.9 Å². The lowest BCUT2D eigenvalue weighted by Gasteiger charge is -2.10. The number of thiophene rings is 1. The highest BCUT2D eigenvalue weighted by Crippen LogP contribution is 2.36. The third kappa shape index (κ3) is 3.45. The fourth-order valence-electron chi connectivity index (χ4n) is 2.91. The minimum atomic E-state index is -1.35. The van der Waals surface area contributed by atoms with Crippen molar-refractivity contribution in [2.24, 2.45) is 0 Å². The van der Waals surface area contributed by atoms with Crippen molar-refractivity contribution in [1.82, 2.24) is 0 Å². The summed E-state index contributed by atoms with van der Waals surface area (Å²) in [4.78, 5) is 23.9. The molecular weight excluding hydrogens is 374 g/mol. The van der Waals surface area contributed by atoms with Crippen molar-refractivity contribution in [3.8, 4) is 22.3 Å². The number of nitrogens with one attached hydrogen (secondary N) is 1. The highest BCUT2D eigenvalue weighted by molar-refractivity contribution is 7.15. The summed E-state index contributed by atoms with van der Waals surface area (Å²) in [6.45, 7) is 0. The van der Waals surface area contributed by atoms with Gasteiger partial charge in [0.05, 0.1) is 12.2 Å². The second-order valence-electron chi connectivity index (χ2n) is 6.02. The van der Waals surface area contributed by atoms with Crippen molar-refractivity contribution in [3.05, 3.63) is 89.7 Å². The van der Waals surface area contributed by atoms with Crippen molar-refractivity contribution in [1.29, 1.82) is 0 Å². The average molecular weight is 388 g/mol. The largest absolute Gasteiger partial charge is 0.545 e. The van der Waals surface area contributed by atoms with Crippen LogP contribution in [-0.2, 0) is 0 Å². The van der Waals surface area contributed by atoms with E-state index in [0.29, 0.717) is 5.56 Å². The van der Waals surface area contributed by atoms with Gasteiger partial charge in [-0.05, 0) is 28.8 Å². The number of carboxylic acid groups (broad SMARTS) is 1. The van der Waals surface area contributed by atoms with Crippen LogP contribution in [0, 0.1) is 0 Å². The van der Waals surface area contributed by atoms with Crippen molar-refractivity contribution in [2.75, 3.05) is 5.32 Å². The van der Waals surface area contributed by atoms with E-state index in [0.717, 1.165) is 28.0 Å². The molecule has 0 aliphatic rings. The Hall–Kier alpha value is -3.64. The smallest absolute Gasteiger partial charge is 0.291 e. The Kier molecular flexibility index (Phi) is 4.78. The summed E-state index contributed by atoms with van der Waals surface area (Å²) in [5, 5.41) is 16.2. The first kappa shape index (κ1) is 17.8. The molecule has 2 aromatic heterocycles. The van der Waals surface area contributed by atoms with Gasteiger partial charge in [-0.2, -0.15) is 0 Å². The van der Waals surface area contributed by atoms with Crippen molar-refractivity contribution in [2.45, 2.75) is 0 Å². The summed E-state index contributed by atoms with van der Waals surface area (Å²) in [5.41, 5.74) is 3.29. The average Bonchev–Trinajstić information content (AvgIpc) is 3.39. The fraction of sp³-hybridized carbons (Fsp3) is 0. The van der Waals surface area contributed by atoms with E-state index < -0.39 is 11.9 Å². The molecule has 0 atom stereocenters. The van der Waals surface area contributed by atoms with Gasteiger partial charge in [-0.3, -0.25) is 4.79 Å². The van der Waals surface area contributed by atoms with Gasteiger partial charge in [-0.1, -0.05) is 54.6 Å². The SMILES string of the molecule is O=C(Nc1scc(-c2ccc(-c3ccccc3)cc2)c1C(=O)[O-])c1ccco1. The van der Waals surface area contributed by atoms with Crippen LogP contribution >= 0.6 is 11.3 Å². The van der Waals surface area contributed by atoms with Crippen LogP contribution in [0.25, 0.3) is 22.3 Å². The molecule has 0 unspecified atom stereocenters. The molecule has 1 N–H and O–H groups in total. The highest BCUT2D eigenvalue weighted by atomic mass is 32.1. The zero-order chi connectivity index (χ0) is 19.5. The summed E-state index contributed by atoms with van der Waals surface area (Å²) >= 11 is 1.13. The normalized spacial score (nSPS) is 10.6. The quantitative estimate of drug-likeness (QED) is 0.553. The molecule has 0 saturated heterocycles. The Balaban J connectivity index is 1.65. The zero-order valence-corrected chi connectivity index (χ0v) is 15.4. The number of carbonyl (C=O) groups excluding carboxylic acids is 2. The molecule has 4 rings (SSSR count). The second-order valence-corrected chi connectivity index (χ2v) is 6.90. The van der Waals surface area contributed by atoms with E-state index in [1.54, 1.807) is 11.4 Å². The molecule has 2 aromatic carbocycles. The number of anilines is 1. The molecule has 138 valence electrons. The van der Waals surface area contributed by atoms with Crippen LogP contribution in [0.5, 0.6) is 0 Å². The van der Waals surface area contributed by atoms with Gasteiger partial charge in [0.2, 0.25) is 0 Å². The number of carboxylic acids is 1. The van der Waals surface area contributed by atoms with Gasteiger partial charge in [0.25, 0.3) is 5.91 Å². The van der Waals surface area contributed by atoms with Gasteiger partial charge in [-0.25, -0.2) is 0 Å². The number of amides is 1.